The fourth-order valence-electron chi connectivity index (χ4n) is 1.43. The molecule has 0 aliphatic carbocycles. The average Bonchev–Trinajstić information content (AvgIpc) is 2.37. The molecule has 0 radical (unpaired) electrons. The first-order chi connectivity index (χ1) is 8.66. The SMILES string of the molecule is Nc1cccnc1C(=O)OCc1cccc(Cl)c1. The number of esters is 1. The molecule has 4 nitrogen and oxygen atoms in total. The fraction of sp³-hybridized carbons (Fsp3) is 0.0769. The molecule has 5 heteroatoms. The number of nitrogens with two attached hydrogens (primary N) is 1. The second-order valence-electron chi connectivity index (χ2n) is 3.65. The van der Waals surface area contributed by atoms with E-state index in [1.54, 1.807) is 30.3 Å². The molecule has 0 unspecified atom stereocenters. The summed E-state index contributed by atoms with van der Waals surface area (Å²) in [5.74, 6) is -0.548. The molecule has 0 bridgehead atoms. The summed E-state index contributed by atoms with van der Waals surface area (Å²) < 4.78 is 5.11. The maximum absolute atomic E-state index is 11.7. The van der Waals surface area contributed by atoms with Crippen LogP contribution in [-0.4, -0.2) is 11.0 Å². The average molecular weight is 263 g/mol. The van der Waals surface area contributed by atoms with E-state index < -0.39 is 5.97 Å². The van der Waals surface area contributed by atoms with Gasteiger partial charge in [-0.05, 0) is 29.8 Å². The van der Waals surface area contributed by atoms with E-state index in [1.165, 1.54) is 6.20 Å². The molecule has 0 spiro atoms. The van der Waals surface area contributed by atoms with Crippen molar-refractivity contribution >= 4 is 23.3 Å². The maximum Gasteiger partial charge on any atom is 0.359 e. The van der Waals surface area contributed by atoms with Crippen LogP contribution in [-0.2, 0) is 11.3 Å². The highest BCUT2D eigenvalue weighted by atomic mass is 35.5. The van der Waals surface area contributed by atoms with Gasteiger partial charge in [0.1, 0.15) is 6.61 Å². The zero-order chi connectivity index (χ0) is 13.0. The van der Waals surface area contributed by atoms with Gasteiger partial charge in [-0.1, -0.05) is 23.7 Å². The Morgan fingerprint density at radius 3 is 2.89 bits per heavy atom. The van der Waals surface area contributed by atoms with Crippen LogP contribution in [0.2, 0.25) is 5.02 Å². The molecular weight excluding hydrogens is 252 g/mol. The molecule has 2 aromatic rings. The Bertz CT molecular complexity index is 572. The number of anilines is 1. The van der Waals surface area contributed by atoms with Crippen LogP contribution >= 0.6 is 11.6 Å². The van der Waals surface area contributed by atoms with Gasteiger partial charge in [0.2, 0.25) is 0 Å². The minimum atomic E-state index is -0.548. The van der Waals surface area contributed by atoms with Crippen molar-refractivity contribution in [2.75, 3.05) is 5.73 Å². The van der Waals surface area contributed by atoms with E-state index in [2.05, 4.69) is 4.98 Å². The summed E-state index contributed by atoms with van der Waals surface area (Å²) >= 11 is 5.83. The number of hydrogen-bond donors (Lipinski definition) is 1. The van der Waals surface area contributed by atoms with Crippen LogP contribution in [0.1, 0.15) is 16.1 Å². The number of carbonyl (C=O) groups is 1. The summed E-state index contributed by atoms with van der Waals surface area (Å²) in [6.07, 6.45) is 1.49. The minimum absolute atomic E-state index is 0.125. The number of benzene rings is 1. The van der Waals surface area contributed by atoms with Gasteiger partial charge in [0.05, 0.1) is 5.69 Å². The first-order valence-corrected chi connectivity index (χ1v) is 5.66. The molecule has 2 N–H and O–H groups in total. The lowest BCUT2D eigenvalue weighted by atomic mass is 10.2. The summed E-state index contributed by atoms with van der Waals surface area (Å²) in [7, 11) is 0. The molecule has 1 heterocycles. The van der Waals surface area contributed by atoms with Crippen LogP contribution < -0.4 is 5.73 Å². The van der Waals surface area contributed by atoms with Crippen molar-refractivity contribution in [2.24, 2.45) is 0 Å². The molecule has 92 valence electrons. The van der Waals surface area contributed by atoms with E-state index in [0.29, 0.717) is 10.7 Å². The maximum atomic E-state index is 11.7. The highest BCUT2D eigenvalue weighted by Gasteiger charge is 2.12. The summed E-state index contributed by atoms with van der Waals surface area (Å²) in [5.41, 5.74) is 6.86. The number of nitrogen functional groups attached to an aromatic ring is 1. The minimum Gasteiger partial charge on any atom is -0.456 e. The molecule has 0 saturated heterocycles. The lowest BCUT2D eigenvalue weighted by Gasteiger charge is -2.06. The van der Waals surface area contributed by atoms with Crippen LogP contribution in [0.4, 0.5) is 5.69 Å². The third kappa shape index (κ3) is 2.99. The fourth-order valence-corrected chi connectivity index (χ4v) is 1.65. The normalized spacial score (nSPS) is 10.1. The molecule has 0 saturated carbocycles. The summed E-state index contributed by atoms with van der Waals surface area (Å²) in [5, 5.41) is 0.598. The lowest BCUT2D eigenvalue weighted by Crippen LogP contribution is -2.10. The molecular formula is C13H11ClN2O2. The zero-order valence-electron chi connectivity index (χ0n) is 9.47. The number of hydrogen-bond acceptors (Lipinski definition) is 4. The second kappa shape index (κ2) is 5.51. The third-order valence-electron chi connectivity index (χ3n) is 2.29. The number of ether oxygens (including phenoxy) is 1. The van der Waals surface area contributed by atoms with Crippen LogP contribution in [0.3, 0.4) is 0 Å². The topological polar surface area (TPSA) is 65.2 Å². The monoisotopic (exact) mass is 262 g/mol. The lowest BCUT2D eigenvalue weighted by molar-refractivity contribution is 0.0467. The van der Waals surface area contributed by atoms with E-state index in [4.69, 9.17) is 22.1 Å². The van der Waals surface area contributed by atoms with Gasteiger partial charge in [0.15, 0.2) is 5.69 Å². The van der Waals surface area contributed by atoms with Crippen molar-refractivity contribution in [3.8, 4) is 0 Å². The van der Waals surface area contributed by atoms with Crippen LogP contribution in [0.5, 0.6) is 0 Å². The van der Waals surface area contributed by atoms with E-state index in [0.717, 1.165) is 5.56 Å². The van der Waals surface area contributed by atoms with Gasteiger partial charge in [0, 0.05) is 11.2 Å². The Morgan fingerprint density at radius 1 is 1.33 bits per heavy atom. The van der Waals surface area contributed by atoms with Gasteiger partial charge in [-0.15, -0.1) is 0 Å². The number of pyridine rings is 1. The van der Waals surface area contributed by atoms with E-state index in [9.17, 15) is 4.79 Å². The van der Waals surface area contributed by atoms with E-state index in [1.807, 2.05) is 6.07 Å². The molecule has 0 aliphatic rings. The zero-order valence-corrected chi connectivity index (χ0v) is 10.2. The quantitative estimate of drug-likeness (QED) is 0.864. The highest BCUT2D eigenvalue weighted by molar-refractivity contribution is 6.30. The Hall–Kier alpha value is -2.07. The van der Waals surface area contributed by atoms with Crippen LogP contribution in [0.15, 0.2) is 42.6 Å². The van der Waals surface area contributed by atoms with Crippen molar-refractivity contribution in [1.82, 2.24) is 4.98 Å². The van der Waals surface area contributed by atoms with Gasteiger partial charge in [-0.25, -0.2) is 9.78 Å². The predicted octanol–water partition coefficient (Wildman–Crippen LogP) is 2.67. The molecule has 0 aliphatic heterocycles. The molecule has 0 amide bonds. The van der Waals surface area contributed by atoms with Gasteiger partial charge in [-0.2, -0.15) is 0 Å². The Morgan fingerprint density at radius 2 is 2.17 bits per heavy atom. The van der Waals surface area contributed by atoms with Gasteiger partial charge in [0.25, 0.3) is 0 Å². The summed E-state index contributed by atoms with van der Waals surface area (Å²) in [6, 6.07) is 10.4. The van der Waals surface area contributed by atoms with E-state index in [-0.39, 0.29) is 12.3 Å². The summed E-state index contributed by atoms with van der Waals surface area (Å²) in [4.78, 5) is 15.6. The number of rotatable bonds is 3. The van der Waals surface area contributed by atoms with Gasteiger partial charge in [-0.3, -0.25) is 0 Å². The molecule has 0 atom stereocenters. The Labute approximate surface area is 109 Å². The molecule has 2 rings (SSSR count). The van der Waals surface area contributed by atoms with Crippen molar-refractivity contribution in [3.63, 3.8) is 0 Å². The molecule has 1 aromatic carbocycles. The number of carbonyl (C=O) groups excluding carboxylic acids is 1. The van der Waals surface area contributed by atoms with Gasteiger partial charge < -0.3 is 10.5 Å². The van der Waals surface area contributed by atoms with Crippen molar-refractivity contribution in [1.29, 1.82) is 0 Å². The second-order valence-corrected chi connectivity index (χ2v) is 4.08. The Balaban J connectivity index is 2.03. The van der Waals surface area contributed by atoms with Crippen LogP contribution in [0.25, 0.3) is 0 Å². The predicted molar refractivity (Wildman–Crippen MR) is 69.2 cm³/mol. The van der Waals surface area contributed by atoms with Crippen molar-refractivity contribution < 1.29 is 9.53 Å². The third-order valence-corrected chi connectivity index (χ3v) is 2.53. The standard InChI is InChI=1S/C13H11ClN2O2/c14-10-4-1-3-9(7-10)8-18-13(17)12-11(15)5-2-6-16-12/h1-7H,8,15H2. The smallest absolute Gasteiger partial charge is 0.359 e. The summed E-state index contributed by atoms with van der Waals surface area (Å²) in [6.45, 7) is 0.134. The molecule has 0 fully saturated rings. The Kier molecular flexibility index (Phi) is 3.79. The number of nitrogens with zero attached hydrogens (tertiary/aromatic N) is 1. The largest absolute Gasteiger partial charge is 0.456 e. The first-order valence-electron chi connectivity index (χ1n) is 5.29. The molecule has 1 aromatic heterocycles. The van der Waals surface area contributed by atoms with Gasteiger partial charge >= 0.3 is 5.97 Å². The van der Waals surface area contributed by atoms with E-state index >= 15 is 0 Å². The highest BCUT2D eigenvalue weighted by Crippen LogP contribution is 2.13. The van der Waals surface area contributed by atoms with Crippen LogP contribution in [0, 0.1) is 0 Å². The first kappa shape index (κ1) is 12.4. The number of halogens is 1. The van der Waals surface area contributed by atoms with Crippen molar-refractivity contribution in [2.45, 2.75) is 6.61 Å². The molecule has 18 heavy (non-hydrogen) atoms. The van der Waals surface area contributed by atoms with Crippen molar-refractivity contribution in [3.05, 3.63) is 58.9 Å². The number of aromatic nitrogens is 1.